The molecule has 7 nitrogen and oxygen atoms in total. The number of aliphatic hydroxyl groups is 1. The summed E-state index contributed by atoms with van der Waals surface area (Å²) in [5, 5.41) is 10.2. The zero-order valence-electron chi connectivity index (χ0n) is 16.9. The number of nitrogens with two attached hydrogens (primary N) is 1. The molecule has 29 heavy (non-hydrogen) atoms. The van der Waals surface area contributed by atoms with Crippen LogP contribution in [0.15, 0.2) is 46.9 Å². The van der Waals surface area contributed by atoms with Crippen LogP contribution in [0.3, 0.4) is 0 Å². The molecule has 152 valence electrons. The van der Waals surface area contributed by atoms with E-state index in [9.17, 15) is 14.7 Å². The van der Waals surface area contributed by atoms with Crippen LogP contribution < -0.4 is 10.5 Å². The first-order chi connectivity index (χ1) is 13.6. The molecular weight excluding hydrogens is 372 g/mol. The summed E-state index contributed by atoms with van der Waals surface area (Å²) in [6, 6.07) is 11.8. The smallest absolute Gasteiger partial charge is 0.350 e. The molecule has 0 bridgehead atoms. The molecule has 1 atom stereocenters. The number of primary amides is 1. The lowest BCUT2D eigenvalue weighted by Crippen LogP contribution is -2.60. The Kier molecular flexibility index (Phi) is 5.46. The summed E-state index contributed by atoms with van der Waals surface area (Å²) >= 11 is 0. The van der Waals surface area contributed by atoms with Crippen LogP contribution in [-0.2, 0) is 4.79 Å². The van der Waals surface area contributed by atoms with E-state index >= 15 is 0 Å². The second-order valence-electron chi connectivity index (χ2n) is 7.56. The highest BCUT2D eigenvalue weighted by molar-refractivity contribution is 6.05. The Balaban J connectivity index is 2.05. The number of amides is 2. The highest BCUT2D eigenvalue weighted by Crippen LogP contribution is 2.33. The lowest BCUT2D eigenvalue weighted by molar-refractivity contribution is -0.825. The molecule has 3 rings (SSSR count). The van der Waals surface area contributed by atoms with Gasteiger partial charge in [0.05, 0.1) is 14.1 Å². The van der Waals surface area contributed by atoms with Gasteiger partial charge in [-0.1, -0.05) is 12.1 Å². The number of rotatable bonds is 6. The quantitative estimate of drug-likeness (QED) is 0.623. The average Bonchev–Trinajstić information content (AvgIpc) is 2.96. The molecule has 0 spiro atoms. The number of aliphatic hydroxyl groups excluding tert-OH is 1. The van der Waals surface area contributed by atoms with Gasteiger partial charge in [0.1, 0.15) is 35.0 Å². The summed E-state index contributed by atoms with van der Waals surface area (Å²) in [7, 11) is 3.08. The normalized spacial score (nSPS) is 12.7. The van der Waals surface area contributed by atoms with E-state index in [2.05, 4.69) is 0 Å². The molecule has 0 radical (unpaired) electrons. The van der Waals surface area contributed by atoms with E-state index in [1.165, 1.54) is 0 Å². The van der Waals surface area contributed by atoms with Gasteiger partial charge in [0.2, 0.25) is 0 Å². The number of quaternary nitrogens is 1. The van der Waals surface area contributed by atoms with E-state index in [1.54, 1.807) is 39.2 Å². The predicted molar refractivity (Wildman–Crippen MR) is 109 cm³/mol. The van der Waals surface area contributed by atoms with Gasteiger partial charge in [0, 0.05) is 5.39 Å². The molecule has 0 saturated carbocycles. The van der Waals surface area contributed by atoms with Crippen molar-refractivity contribution in [3.63, 3.8) is 0 Å². The number of nitrogens with zero attached hydrogens (tertiary/aromatic N) is 1. The van der Waals surface area contributed by atoms with Crippen LogP contribution in [0, 0.1) is 13.8 Å². The average molecular weight is 397 g/mol. The highest BCUT2D eigenvalue weighted by Gasteiger charge is 2.42. The first kappa shape index (κ1) is 20.6. The zero-order valence-corrected chi connectivity index (χ0v) is 16.9. The zero-order chi connectivity index (χ0) is 21.3. The van der Waals surface area contributed by atoms with Gasteiger partial charge in [-0.25, -0.2) is 9.28 Å². The summed E-state index contributed by atoms with van der Waals surface area (Å²) in [6.45, 7) is 3.12. The van der Waals surface area contributed by atoms with Gasteiger partial charge in [-0.2, -0.15) is 0 Å². The molecule has 3 N–H and O–H groups in total. The number of carbonyl (C=O) groups is 2. The molecule has 0 aliphatic carbocycles. The molecule has 0 fully saturated rings. The minimum Gasteiger partial charge on any atom is -0.460 e. The maximum absolute atomic E-state index is 13.3. The number of likely N-dealkylation sites (N-methyl/N-ethyl adjacent to an activating group) is 1. The Labute approximate surface area is 168 Å². The molecule has 3 aromatic rings. The van der Waals surface area contributed by atoms with Gasteiger partial charge in [-0.3, -0.25) is 4.79 Å². The number of carbonyl (C=O) groups excluding carboxylic acids is 2. The number of hydrogen-bond acceptors (Lipinski definition) is 5. The summed E-state index contributed by atoms with van der Waals surface area (Å²) in [5.41, 5.74) is 7.32. The molecule has 1 aromatic heterocycles. The van der Waals surface area contributed by atoms with Crippen LogP contribution in [0.1, 0.15) is 21.7 Å². The van der Waals surface area contributed by atoms with E-state index in [0.717, 1.165) is 5.56 Å². The summed E-state index contributed by atoms with van der Waals surface area (Å²) in [5.74, 6) is 0.524. The molecule has 2 amide bonds. The van der Waals surface area contributed by atoms with Crippen molar-refractivity contribution in [3.8, 4) is 11.5 Å². The number of aryl methyl sites for hydroxylation is 2. The van der Waals surface area contributed by atoms with E-state index < -0.39 is 23.0 Å². The third-order valence-electron chi connectivity index (χ3n) is 5.08. The fourth-order valence-corrected chi connectivity index (χ4v) is 3.39. The molecule has 1 unspecified atom stereocenters. The first-order valence-electron chi connectivity index (χ1n) is 9.21. The Bertz CT molecular complexity index is 1080. The van der Waals surface area contributed by atoms with Crippen molar-refractivity contribution in [3.05, 3.63) is 59.4 Å². The van der Waals surface area contributed by atoms with Crippen LogP contribution >= 0.6 is 0 Å². The maximum atomic E-state index is 13.3. The number of benzene rings is 2. The third-order valence-corrected chi connectivity index (χ3v) is 5.08. The largest absolute Gasteiger partial charge is 0.460 e. The van der Waals surface area contributed by atoms with Crippen molar-refractivity contribution in [2.24, 2.45) is 5.73 Å². The summed E-state index contributed by atoms with van der Waals surface area (Å²) < 4.78 is 11.3. The molecule has 0 saturated heterocycles. The second-order valence-corrected chi connectivity index (χ2v) is 7.56. The van der Waals surface area contributed by atoms with Gasteiger partial charge in [0.25, 0.3) is 5.91 Å². The minimum atomic E-state index is -1.07. The monoisotopic (exact) mass is 397 g/mol. The van der Waals surface area contributed by atoms with Crippen LogP contribution in [-0.4, -0.2) is 48.1 Å². The fraction of sp³-hybridized carbons (Fsp3) is 0.273. The van der Waals surface area contributed by atoms with Crippen molar-refractivity contribution >= 4 is 22.8 Å². The molecule has 1 heterocycles. The lowest BCUT2D eigenvalue weighted by Gasteiger charge is -2.32. The Morgan fingerprint density at radius 2 is 1.83 bits per heavy atom. The van der Waals surface area contributed by atoms with Crippen LogP contribution in [0.5, 0.6) is 11.5 Å². The highest BCUT2D eigenvalue weighted by atomic mass is 16.5. The van der Waals surface area contributed by atoms with Gasteiger partial charge in [0.15, 0.2) is 6.04 Å². The van der Waals surface area contributed by atoms with E-state index in [4.69, 9.17) is 14.9 Å². The van der Waals surface area contributed by atoms with Gasteiger partial charge in [-0.15, -0.1) is 0 Å². The molecule has 0 aliphatic rings. The number of furan rings is 1. The van der Waals surface area contributed by atoms with Crippen LogP contribution in [0.4, 0.5) is 0 Å². The first-order valence-corrected chi connectivity index (χ1v) is 9.21. The van der Waals surface area contributed by atoms with Crippen LogP contribution in [0.25, 0.3) is 11.0 Å². The summed E-state index contributed by atoms with van der Waals surface area (Å²) in [4.78, 5) is 25.1. The SMILES string of the molecule is Cc1cccc(Oc2ccc3oc(C)c(C(=O)[N+](C)(C)C(CO)C(N)=O)c3c2)c1. The number of hydrogen-bond donors (Lipinski definition) is 2. The predicted octanol–water partition coefficient (Wildman–Crippen LogP) is 2.90. The molecule has 2 aromatic carbocycles. The van der Waals surface area contributed by atoms with Gasteiger partial charge < -0.3 is 20.0 Å². The number of fused-ring (bicyclic) bond motifs is 1. The van der Waals surface area contributed by atoms with Crippen molar-refractivity contribution < 1.29 is 28.3 Å². The van der Waals surface area contributed by atoms with Crippen molar-refractivity contribution in [2.75, 3.05) is 20.7 Å². The lowest BCUT2D eigenvalue weighted by atomic mass is 10.1. The second kappa shape index (κ2) is 7.69. The van der Waals surface area contributed by atoms with Crippen molar-refractivity contribution in [2.45, 2.75) is 19.9 Å². The molecule has 7 heteroatoms. The number of ether oxygens (including phenoxy) is 1. The Hall–Kier alpha value is -3.16. The van der Waals surface area contributed by atoms with Crippen molar-refractivity contribution in [1.29, 1.82) is 0 Å². The van der Waals surface area contributed by atoms with Gasteiger partial charge >= 0.3 is 5.91 Å². The maximum Gasteiger partial charge on any atom is 0.350 e. The molecular formula is C22H25N2O5+. The van der Waals surface area contributed by atoms with Gasteiger partial charge in [-0.05, 0) is 49.7 Å². The van der Waals surface area contributed by atoms with E-state index in [-0.39, 0.29) is 5.91 Å². The summed E-state index contributed by atoms with van der Waals surface area (Å²) in [6.07, 6.45) is 0. The third kappa shape index (κ3) is 3.87. The fourth-order valence-electron chi connectivity index (χ4n) is 3.39. The Morgan fingerprint density at radius 1 is 1.14 bits per heavy atom. The standard InChI is InChI=1S/C22H24N2O5/c1-13-6-5-7-15(10-13)29-16-8-9-19-17(11-16)20(14(2)28-19)22(27)24(3,4)18(12-25)21(23)26/h5-11,18,25H,12H2,1-4H3,(H-,23,26)/p+1. The van der Waals surface area contributed by atoms with E-state index in [0.29, 0.717) is 33.8 Å². The Morgan fingerprint density at radius 3 is 2.45 bits per heavy atom. The van der Waals surface area contributed by atoms with Crippen molar-refractivity contribution in [1.82, 2.24) is 0 Å². The molecule has 0 aliphatic heterocycles. The van der Waals surface area contributed by atoms with Crippen LogP contribution in [0.2, 0.25) is 0 Å². The topological polar surface area (TPSA) is 103 Å². The minimum absolute atomic E-state index is 0.333. The van der Waals surface area contributed by atoms with E-state index in [1.807, 2.05) is 31.2 Å².